The molecule has 3 fully saturated rings. The van der Waals surface area contributed by atoms with E-state index in [9.17, 15) is 26.4 Å². The minimum atomic E-state index is -4.29. The van der Waals surface area contributed by atoms with Gasteiger partial charge in [0.25, 0.3) is 0 Å². The molecule has 1 heterocycles. The van der Waals surface area contributed by atoms with Gasteiger partial charge in [-0.15, -0.1) is 0 Å². The topological polar surface area (TPSA) is 78.5 Å². The summed E-state index contributed by atoms with van der Waals surface area (Å²) in [6, 6.07) is -1.82. The first kappa shape index (κ1) is 23.8. The van der Waals surface area contributed by atoms with Crippen molar-refractivity contribution in [2.24, 2.45) is 11.8 Å². The summed E-state index contributed by atoms with van der Waals surface area (Å²) in [5.74, 6) is 0.339. The van der Waals surface area contributed by atoms with E-state index in [0.717, 1.165) is 25.7 Å². The van der Waals surface area contributed by atoms with Crippen molar-refractivity contribution in [3.8, 4) is 0 Å². The van der Waals surface area contributed by atoms with Gasteiger partial charge in [0, 0.05) is 18.5 Å². The molecule has 2 unspecified atom stereocenters. The van der Waals surface area contributed by atoms with Gasteiger partial charge < -0.3 is 0 Å². The molecule has 0 aromatic heterocycles. The lowest BCUT2D eigenvalue weighted by Gasteiger charge is -2.41. The zero-order valence-corrected chi connectivity index (χ0v) is 18.6. The van der Waals surface area contributed by atoms with E-state index in [4.69, 9.17) is 0 Å². The Balaban J connectivity index is 1.66. The molecule has 6 nitrogen and oxygen atoms in total. The van der Waals surface area contributed by atoms with E-state index in [1.54, 1.807) is 6.92 Å². The molecule has 10 heteroatoms. The van der Waals surface area contributed by atoms with Crippen LogP contribution in [0.1, 0.15) is 78.1 Å². The summed E-state index contributed by atoms with van der Waals surface area (Å²) in [6.07, 6.45) is 1.55. The second kappa shape index (κ2) is 9.32. The molecule has 0 bridgehead atoms. The fourth-order valence-electron chi connectivity index (χ4n) is 5.30. The number of sulfonamides is 1. The van der Waals surface area contributed by atoms with Crippen LogP contribution >= 0.6 is 0 Å². The second-order valence-electron chi connectivity index (χ2n) is 9.31. The molecule has 2 aliphatic carbocycles. The van der Waals surface area contributed by atoms with E-state index in [1.165, 1.54) is 0 Å². The summed E-state index contributed by atoms with van der Waals surface area (Å²) < 4.78 is 67.3. The average molecular weight is 454 g/mol. The number of nitrogens with one attached hydrogen (secondary N) is 2. The van der Waals surface area contributed by atoms with Crippen molar-refractivity contribution < 1.29 is 26.4 Å². The van der Waals surface area contributed by atoms with Crippen LogP contribution in [0, 0.1) is 11.8 Å². The highest BCUT2D eigenvalue weighted by Crippen LogP contribution is 2.41. The Bertz CT molecular complexity index is 700. The quantitative estimate of drug-likeness (QED) is 0.666. The number of carbonyl (C=O) groups excluding carboxylic acids is 1. The third-order valence-electron chi connectivity index (χ3n) is 7.19. The molecule has 2 N–H and O–H groups in total. The normalized spacial score (nSPS) is 36.6. The van der Waals surface area contributed by atoms with Gasteiger partial charge in [-0.3, -0.25) is 9.52 Å². The van der Waals surface area contributed by atoms with Crippen LogP contribution in [-0.2, 0) is 14.8 Å². The van der Waals surface area contributed by atoms with Gasteiger partial charge in [0.2, 0.25) is 15.9 Å². The van der Waals surface area contributed by atoms with E-state index in [-0.39, 0.29) is 30.8 Å². The fraction of sp³-hybridized carbons (Fsp3) is 0.950. The van der Waals surface area contributed by atoms with Gasteiger partial charge >= 0.3 is 6.18 Å². The molecule has 174 valence electrons. The number of nitrogens with zero attached hydrogens (tertiary/aromatic N) is 1. The predicted molar refractivity (Wildman–Crippen MR) is 108 cm³/mol. The summed E-state index contributed by atoms with van der Waals surface area (Å²) in [5, 5.41) is 1.16. The van der Waals surface area contributed by atoms with Gasteiger partial charge in [-0.05, 0) is 56.8 Å². The number of hydrazine groups is 1. The highest BCUT2D eigenvalue weighted by molar-refractivity contribution is 7.90. The number of carbonyl (C=O) groups is 1. The first-order valence-electron chi connectivity index (χ1n) is 11.2. The van der Waals surface area contributed by atoms with Gasteiger partial charge in [0.1, 0.15) is 6.04 Å². The molecule has 1 aliphatic heterocycles. The van der Waals surface area contributed by atoms with E-state index >= 15 is 0 Å². The first-order chi connectivity index (χ1) is 14.0. The van der Waals surface area contributed by atoms with Gasteiger partial charge in [-0.2, -0.15) is 13.2 Å². The maximum Gasteiger partial charge on any atom is 0.405 e. The Labute approximate surface area is 177 Å². The lowest BCUT2D eigenvalue weighted by molar-refractivity contribution is -0.158. The Morgan fingerprint density at radius 1 is 1.07 bits per heavy atom. The number of rotatable bonds is 5. The highest BCUT2D eigenvalue weighted by Gasteiger charge is 2.51. The third-order valence-corrected chi connectivity index (χ3v) is 9.05. The molecular weight excluding hydrogens is 419 g/mol. The van der Waals surface area contributed by atoms with Gasteiger partial charge in [-0.1, -0.05) is 26.7 Å². The van der Waals surface area contributed by atoms with E-state index in [1.807, 2.05) is 5.01 Å². The fourth-order valence-corrected chi connectivity index (χ4v) is 6.83. The molecule has 3 aliphatic rings. The molecule has 3 rings (SSSR count). The highest BCUT2D eigenvalue weighted by atomic mass is 32.2. The maximum absolute atomic E-state index is 13.5. The van der Waals surface area contributed by atoms with Crippen LogP contribution in [0.3, 0.4) is 0 Å². The minimum absolute atomic E-state index is 0.0628. The van der Waals surface area contributed by atoms with Crippen molar-refractivity contribution in [2.45, 2.75) is 108 Å². The first-order valence-corrected chi connectivity index (χ1v) is 12.7. The molecule has 1 saturated heterocycles. The van der Waals surface area contributed by atoms with Crippen molar-refractivity contribution in [1.82, 2.24) is 15.2 Å². The molecular formula is C20H34F3N3O3S. The Morgan fingerprint density at radius 3 is 2.20 bits per heavy atom. The molecule has 0 aromatic rings. The van der Waals surface area contributed by atoms with Crippen molar-refractivity contribution in [3.63, 3.8) is 0 Å². The lowest BCUT2D eigenvalue weighted by atomic mass is 9.77. The van der Waals surface area contributed by atoms with Crippen LogP contribution < -0.4 is 10.1 Å². The number of halogens is 3. The lowest BCUT2D eigenvalue weighted by Crippen LogP contribution is -2.53. The van der Waals surface area contributed by atoms with Crippen LogP contribution in [0.4, 0.5) is 13.2 Å². The SMILES string of the molecule is CCC(=O)NS(=O)(=O)C1CCC(N2NC(C(F)(F)F)CC2C2CCC(C)CC2)CC1. The number of hydrogen-bond acceptors (Lipinski definition) is 5. The minimum Gasteiger partial charge on any atom is -0.274 e. The monoisotopic (exact) mass is 453 g/mol. The third kappa shape index (κ3) is 5.48. The van der Waals surface area contributed by atoms with Gasteiger partial charge in [-0.25, -0.2) is 18.9 Å². The summed E-state index contributed by atoms with van der Waals surface area (Å²) >= 11 is 0. The van der Waals surface area contributed by atoms with Crippen LogP contribution in [0.25, 0.3) is 0 Å². The van der Waals surface area contributed by atoms with Crippen LogP contribution in [0.15, 0.2) is 0 Å². The van der Waals surface area contributed by atoms with E-state index < -0.39 is 33.4 Å². The molecule has 0 spiro atoms. The van der Waals surface area contributed by atoms with Crippen molar-refractivity contribution in [2.75, 3.05) is 0 Å². The van der Waals surface area contributed by atoms with E-state index in [2.05, 4.69) is 17.1 Å². The van der Waals surface area contributed by atoms with Crippen LogP contribution in [-0.4, -0.2) is 48.9 Å². The summed E-state index contributed by atoms with van der Waals surface area (Å²) in [7, 11) is -3.73. The number of hydrogen-bond donors (Lipinski definition) is 2. The number of amides is 1. The molecule has 0 radical (unpaired) electrons. The van der Waals surface area contributed by atoms with E-state index in [0.29, 0.717) is 31.6 Å². The predicted octanol–water partition coefficient (Wildman–Crippen LogP) is 3.49. The summed E-state index contributed by atoms with van der Waals surface area (Å²) in [5.41, 5.74) is 2.74. The van der Waals surface area contributed by atoms with Crippen molar-refractivity contribution in [1.29, 1.82) is 0 Å². The second-order valence-corrected chi connectivity index (χ2v) is 11.3. The summed E-state index contributed by atoms with van der Waals surface area (Å²) in [4.78, 5) is 11.5. The summed E-state index contributed by atoms with van der Waals surface area (Å²) in [6.45, 7) is 3.78. The maximum atomic E-state index is 13.5. The Kier molecular flexibility index (Phi) is 7.39. The zero-order valence-electron chi connectivity index (χ0n) is 17.7. The largest absolute Gasteiger partial charge is 0.405 e. The zero-order chi connectivity index (χ0) is 22.1. The standard InChI is InChI=1S/C20H34F3N3O3S/c1-3-19(27)25-30(28,29)16-10-8-15(9-11-16)26-17(12-18(24-26)20(21,22)23)14-6-4-13(2)5-7-14/h13-18,24H,3-12H2,1-2H3,(H,25,27). The molecule has 0 aromatic carbocycles. The Hall–Kier alpha value is -0.870. The van der Waals surface area contributed by atoms with Gasteiger partial charge in [0.15, 0.2) is 0 Å². The average Bonchev–Trinajstić information content (AvgIpc) is 3.14. The molecule has 2 atom stereocenters. The smallest absolute Gasteiger partial charge is 0.274 e. The van der Waals surface area contributed by atoms with Crippen molar-refractivity contribution >= 4 is 15.9 Å². The molecule has 1 amide bonds. The molecule has 30 heavy (non-hydrogen) atoms. The molecule has 2 saturated carbocycles. The number of alkyl halides is 3. The van der Waals surface area contributed by atoms with Crippen LogP contribution in [0.2, 0.25) is 0 Å². The van der Waals surface area contributed by atoms with Gasteiger partial charge in [0.05, 0.1) is 5.25 Å². The van der Waals surface area contributed by atoms with Crippen molar-refractivity contribution in [3.05, 3.63) is 0 Å². The Morgan fingerprint density at radius 2 is 1.67 bits per heavy atom. The van der Waals surface area contributed by atoms with Crippen LogP contribution in [0.5, 0.6) is 0 Å².